The van der Waals surface area contributed by atoms with Crippen molar-refractivity contribution in [1.29, 1.82) is 0 Å². The molecule has 0 aromatic carbocycles. The molecule has 0 atom stereocenters. The lowest BCUT2D eigenvalue weighted by Crippen LogP contribution is -2.39. The Morgan fingerprint density at radius 2 is 1.60 bits per heavy atom. The summed E-state index contributed by atoms with van der Waals surface area (Å²) in [6.45, 7) is 5.87. The zero-order chi connectivity index (χ0) is 7.24. The van der Waals surface area contributed by atoms with E-state index in [0.29, 0.717) is 0 Å². The van der Waals surface area contributed by atoms with Gasteiger partial charge in [0.25, 0.3) is 0 Å². The molecule has 0 radical (unpaired) electrons. The number of hydrogen-bond donors (Lipinski definition) is 0. The Hall–Kier alpha value is -0.340. The molecule has 1 aliphatic heterocycles. The van der Waals surface area contributed by atoms with Crippen LogP contribution in [0.25, 0.3) is 0 Å². The molecule has 1 fully saturated rings. The Bertz CT molecular complexity index is 158. The summed E-state index contributed by atoms with van der Waals surface area (Å²) in [5.41, 5.74) is 0.190. The van der Waals surface area contributed by atoms with Crippen molar-refractivity contribution >= 4 is 0 Å². The molecule has 0 amide bonds. The lowest BCUT2D eigenvalue weighted by Gasteiger charge is -2.34. The van der Waals surface area contributed by atoms with E-state index in [1.165, 1.54) is 0 Å². The second-order valence-corrected chi connectivity index (χ2v) is 3.80. The predicted octanol–water partition coefficient (Wildman–Crippen LogP) is 1.33. The van der Waals surface area contributed by atoms with Crippen LogP contribution in [0.15, 0.2) is 12.2 Å². The van der Waals surface area contributed by atoms with Crippen molar-refractivity contribution in [3.63, 3.8) is 0 Å². The van der Waals surface area contributed by atoms with Crippen LogP contribution in [0.5, 0.6) is 0 Å². The highest BCUT2D eigenvalue weighted by Gasteiger charge is 2.43. The molecule has 2 nitrogen and oxygen atoms in total. The molecule has 0 aromatic heterocycles. The normalized spacial score (nSPS) is 32.6. The highest BCUT2D eigenvalue weighted by Crippen LogP contribution is 2.37. The van der Waals surface area contributed by atoms with E-state index in [4.69, 9.17) is 9.47 Å². The molecule has 56 valence electrons. The van der Waals surface area contributed by atoms with Gasteiger partial charge in [-0.25, -0.2) is 0 Å². The third-order valence-electron chi connectivity index (χ3n) is 1.82. The largest absolute Gasteiger partial charge is 0.342 e. The maximum absolute atomic E-state index is 5.46. The van der Waals surface area contributed by atoms with Gasteiger partial charge in [-0.1, -0.05) is 13.8 Å². The van der Waals surface area contributed by atoms with Gasteiger partial charge in [-0.15, -0.1) is 0 Å². The summed E-state index contributed by atoms with van der Waals surface area (Å²) < 4.78 is 10.9. The Morgan fingerprint density at radius 3 is 2.00 bits per heavy atom. The van der Waals surface area contributed by atoms with Gasteiger partial charge in [0.2, 0.25) is 5.79 Å². The minimum Gasteiger partial charge on any atom is -0.342 e. The lowest BCUT2D eigenvalue weighted by atomic mass is 9.95. The van der Waals surface area contributed by atoms with Gasteiger partial charge >= 0.3 is 0 Å². The van der Waals surface area contributed by atoms with Crippen molar-refractivity contribution in [3.8, 4) is 0 Å². The molecule has 0 saturated carbocycles. The van der Waals surface area contributed by atoms with Crippen LogP contribution in [-0.2, 0) is 9.47 Å². The first-order valence-electron chi connectivity index (χ1n) is 3.60. The minimum absolute atomic E-state index is 0.190. The van der Waals surface area contributed by atoms with E-state index in [9.17, 15) is 0 Å². The summed E-state index contributed by atoms with van der Waals surface area (Å²) in [6.07, 6.45) is 3.89. The fourth-order valence-corrected chi connectivity index (χ4v) is 0.960. The van der Waals surface area contributed by atoms with Crippen LogP contribution >= 0.6 is 0 Å². The van der Waals surface area contributed by atoms with Crippen LogP contribution in [0.4, 0.5) is 0 Å². The smallest absolute Gasteiger partial charge is 0.208 e. The molecule has 1 heterocycles. The van der Waals surface area contributed by atoms with Gasteiger partial charge < -0.3 is 9.47 Å². The summed E-state index contributed by atoms with van der Waals surface area (Å²) in [5, 5.41) is 0. The molecule has 1 saturated heterocycles. The monoisotopic (exact) mass is 140 g/mol. The van der Waals surface area contributed by atoms with E-state index < -0.39 is 0 Å². The molecule has 0 aromatic rings. The fourth-order valence-electron chi connectivity index (χ4n) is 0.960. The maximum Gasteiger partial charge on any atom is 0.208 e. The highest BCUT2D eigenvalue weighted by molar-refractivity contribution is 5.25. The van der Waals surface area contributed by atoms with Crippen molar-refractivity contribution in [3.05, 3.63) is 12.2 Å². The minimum atomic E-state index is -0.366. The topological polar surface area (TPSA) is 18.5 Å². The Morgan fingerprint density at radius 1 is 1.10 bits per heavy atom. The molecule has 0 bridgehead atoms. The second kappa shape index (κ2) is 1.63. The van der Waals surface area contributed by atoms with Crippen molar-refractivity contribution in [2.45, 2.75) is 19.6 Å². The van der Waals surface area contributed by atoms with Gasteiger partial charge in [-0.05, 0) is 12.2 Å². The number of hydrogen-bond acceptors (Lipinski definition) is 2. The first kappa shape index (κ1) is 6.38. The first-order valence-corrected chi connectivity index (χ1v) is 3.60. The van der Waals surface area contributed by atoms with Gasteiger partial charge in [-0.2, -0.15) is 0 Å². The molecule has 2 aliphatic rings. The molecule has 2 heteroatoms. The Kier molecular flexibility index (Phi) is 1.04. The molecule has 1 aliphatic carbocycles. The zero-order valence-electron chi connectivity index (χ0n) is 6.39. The summed E-state index contributed by atoms with van der Waals surface area (Å²) in [6, 6.07) is 0. The first-order chi connectivity index (χ1) is 4.62. The van der Waals surface area contributed by atoms with Crippen molar-refractivity contribution in [1.82, 2.24) is 0 Å². The van der Waals surface area contributed by atoms with Gasteiger partial charge in [0.1, 0.15) is 0 Å². The van der Waals surface area contributed by atoms with E-state index in [1.54, 1.807) is 0 Å². The summed E-state index contributed by atoms with van der Waals surface area (Å²) in [4.78, 5) is 0. The van der Waals surface area contributed by atoms with Crippen LogP contribution < -0.4 is 0 Å². The average Bonchev–Trinajstić information content (AvgIpc) is 2.60. The van der Waals surface area contributed by atoms with Gasteiger partial charge in [-0.3, -0.25) is 0 Å². The highest BCUT2D eigenvalue weighted by atomic mass is 16.7. The Balaban J connectivity index is 1.96. The molecule has 2 rings (SSSR count). The Labute approximate surface area is 60.8 Å². The third kappa shape index (κ3) is 0.976. The molecular weight excluding hydrogens is 128 g/mol. The van der Waals surface area contributed by atoms with Crippen LogP contribution in [0.3, 0.4) is 0 Å². The number of rotatable bonds is 0. The third-order valence-corrected chi connectivity index (χ3v) is 1.82. The van der Waals surface area contributed by atoms with E-state index in [2.05, 4.69) is 13.8 Å². The van der Waals surface area contributed by atoms with E-state index in [1.807, 2.05) is 12.2 Å². The molecule has 0 unspecified atom stereocenters. The van der Waals surface area contributed by atoms with Crippen LogP contribution in [0.2, 0.25) is 0 Å². The van der Waals surface area contributed by atoms with Crippen molar-refractivity contribution in [2.75, 3.05) is 13.2 Å². The molecule has 10 heavy (non-hydrogen) atoms. The maximum atomic E-state index is 5.46. The molecule has 0 N–H and O–H groups in total. The van der Waals surface area contributed by atoms with Gasteiger partial charge in [0.15, 0.2) is 0 Å². The average molecular weight is 140 g/mol. The lowest BCUT2D eigenvalue weighted by molar-refractivity contribution is -0.226. The van der Waals surface area contributed by atoms with Gasteiger partial charge in [0.05, 0.1) is 13.2 Å². The SMILES string of the molecule is CC1(C)COC2(C=C2)OC1. The predicted molar refractivity (Wildman–Crippen MR) is 37.6 cm³/mol. The summed E-state index contributed by atoms with van der Waals surface area (Å²) in [5.74, 6) is -0.366. The number of ether oxygens (including phenoxy) is 2. The van der Waals surface area contributed by atoms with E-state index in [0.717, 1.165) is 13.2 Å². The summed E-state index contributed by atoms with van der Waals surface area (Å²) in [7, 11) is 0. The standard InChI is InChI=1S/C8H12O2/c1-7(2)5-9-8(3-4-8)10-6-7/h3-4H,5-6H2,1-2H3. The van der Waals surface area contributed by atoms with Crippen LogP contribution in [-0.4, -0.2) is 19.0 Å². The van der Waals surface area contributed by atoms with Crippen LogP contribution in [0.1, 0.15) is 13.8 Å². The second-order valence-electron chi connectivity index (χ2n) is 3.80. The van der Waals surface area contributed by atoms with E-state index in [-0.39, 0.29) is 11.2 Å². The van der Waals surface area contributed by atoms with E-state index >= 15 is 0 Å². The summed E-state index contributed by atoms with van der Waals surface area (Å²) >= 11 is 0. The quantitative estimate of drug-likeness (QED) is 0.472. The zero-order valence-corrected chi connectivity index (χ0v) is 6.39. The molecule has 1 spiro atoms. The molecular formula is C8H12O2. The van der Waals surface area contributed by atoms with Crippen molar-refractivity contribution < 1.29 is 9.47 Å². The van der Waals surface area contributed by atoms with Crippen LogP contribution in [0, 0.1) is 5.41 Å². The van der Waals surface area contributed by atoms with Gasteiger partial charge in [0, 0.05) is 5.41 Å². The van der Waals surface area contributed by atoms with Crippen molar-refractivity contribution in [2.24, 2.45) is 5.41 Å². The fraction of sp³-hybridized carbons (Fsp3) is 0.750.